The Hall–Kier alpha value is -4.51. The van der Waals surface area contributed by atoms with Crippen LogP contribution in [0.15, 0.2) is 91.0 Å². The molecule has 2 heterocycles. The fourth-order valence-corrected chi connectivity index (χ4v) is 5.26. The third-order valence-electron chi connectivity index (χ3n) is 7.05. The van der Waals surface area contributed by atoms with Crippen LogP contribution in [0.1, 0.15) is 23.7 Å². The van der Waals surface area contributed by atoms with Gasteiger partial charge in [-0.2, -0.15) is 0 Å². The summed E-state index contributed by atoms with van der Waals surface area (Å²) in [6, 6.07) is 30.7. The number of para-hydroxylation sites is 1. The van der Waals surface area contributed by atoms with E-state index in [9.17, 15) is 4.79 Å². The summed E-state index contributed by atoms with van der Waals surface area (Å²) in [5.74, 6) is 0.743. The van der Waals surface area contributed by atoms with E-state index >= 15 is 0 Å². The van der Waals surface area contributed by atoms with Crippen LogP contribution < -0.4 is 10.1 Å². The predicted octanol–water partition coefficient (Wildman–Crippen LogP) is 7.36. The molecule has 0 saturated carbocycles. The number of hydrogen-bond acceptors (Lipinski definition) is 2. The number of benzene rings is 4. The number of anilines is 1. The molecular weight excluding hydrogens is 458 g/mol. The first-order chi connectivity index (χ1) is 18.1. The van der Waals surface area contributed by atoms with Gasteiger partial charge in [-0.05, 0) is 67.4 Å². The van der Waals surface area contributed by atoms with Gasteiger partial charge < -0.3 is 19.6 Å². The van der Waals surface area contributed by atoms with E-state index in [2.05, 4.69) is 58.2 Å². The van der Waals surface area contributed by atoms with Gasteiger partial charge >= 0.3 is 0 Å². The molecule has 0 atom stereocenters. The molecule has 0 aliphatic heterocycles. The van der Waals surface area contributed by atoms with Crippen molar-refractivity contribution in [1.29, 1.82) is 0 Å². The average Bonchev–Trinajstić information content (AvgIpc) is 3.41. The molecule has 0 bridgehead atoms. The molecule has 4 aromatic carbocycles. The van der Waals surface area contributed by atoms with Crippen molar-refractivity contribution >= 4 is 44.3 Å². The van der Waals surface area contributed by atoms with E-state index in [1.165, 1.54) is 16.4 Å². The molecule has 1 amide bonds. The molecular formula is C32H29N3O2. The summed E-state index contributed by atoms with van der Waals surface area (Å²) in [5.41, 5.74) is 7.29. The Morgan fingerprint density at radius 1 is 0.865 bits per heavy atom. The van der Waals surface area contributed by atoms with Gasteiger partial charge in [-0.1, -0.05) is 48.5 Å². The van der Waals surface area contributed by atoms with Gasteiger partial charge in [0, 0.05) is 50.6 Å². The second-order valence-electron chi connectivity index (χ2n) is 9.43. The number of carbonyl (C=O) groups is 1. The molecule has 5 heteroatoms. The lowest BCUT2D eigenvalue weighted by atomic mass is 10.1. The van der Waals surface area contributed by atoms with Crippen molar-refractivity contribution in [3.63, 3.8) is 0 Å². The van der Waals surface area contributed by atoms with E-state index in [-0.39, 0.29) is 12.3 Å². The smallest absolute Gasteiger partial charge is 0.228 e. The summed E-state index contributed by atoms with van der Waals surface area (Å²) in [7, 11) is 0. The van der Waals surface area contributed by atoms with Crippen LogP contribution in [-0.4, -0.2) is 15.5 Å². The Morgan fingerprint density at radius 3 is 2.49 bits per heavy atom. The molecule has 2 N–H and O–H groups in total. The van der Waals surface area contributed by atoms with E-state index < -0.39 is 0 Å². The number of rotatable bonds is 7. The Kier molecular flexibility index (Phi) is 5.89. The third kappa shape index (κ3) is 4.33. The van der Waals surface area contributed by atoms with Crippen molar-refractivity contribution in [3.05, 3.63) is 108 Å². The Balaban J connectivity index is 1.24. The number of carbonyl (C=O) groups excluding carboxylic acids is 1. The molecule has 37 heavy (non-hydrogen) atoms. The standard InChI is InChI=1S/C32H29N3O2/c1-3-35-30-12-8-7-11-25(30)28-17-23(13-16-31(28)35)34-32(36)19-26-21(2)33-29-15-14-24(18-27(26)29)37-20-22-9-5-4-6-10-22/h4-18,33H,3,19-20H2,1-2H3,(H,34,36). The quantitative estimate of drug-likeness (QED) is 0.247. The van der Waals surface area contributed by atoms with E-state index in [1.54, 1.807) is 0 Å². The first-order valence-electron chi connectivity index (χ1n) is 12.7. The molecule has 0 radical (unpaired) electrons. The highest BCUT2D eigenvalue weighted by Crippen LogP contribution is 2.32. The topological polar surface area (TPSA) is 59.0 Å². The van der Waals surface area contributed by atoms with Crippen molar-refractivity contribution in [1.82, 2.24) is 9.55 Å². The summed E-state index contributed by atoms with van der Waals surface area (Å²) < 4.78 is 8.34. The lowest BCUT2D eigenvalue weighted by molar-refractivity contribution is -0.115. The Bertz CT molecular complexity index is 1740. The zero-order valence-corrected chi connectivity index (χ0v) is 21.0. The van der Waals surface area contributed by atoms with Crippen LogP contribution in [0.5, 0.6) is 5.75 Å². The summed E-state index contributed by atoms with van der Waals surface area (Å²) in [5, 5.41) is 6.49. The normalized spacial score (nSPS) is 11.4. The van der Waals surface area contributed by atoms with E-state index in [4.69, 9.17) is 4.74 Å². The molecule has 0 saturated heterocycles. The number of amides is 1. The van der Waals surface area contributed by atoms with Gasteiger partial charge in [-0.3, -0.25) is 4.79 Å². The van der Waals surface area contributed by atoms with Crippen molar-refractivity contribution in [2.45, 2.75) is 33.4 Å². The van der Waals surface area contributed by atoms with Crippen LogP contribution in [0, 0.1) is 6.92 Å². The molecule has 0 aliphatic carbocycles. The number of aryl methyl sites for hydroxylation is 2. The molecule has 0 unspecified atom stereocenters. The zero-order valence-electron chi connectivity index (χ0n) is 21.0. The summed E-state index contributed by atoms with van der Waals surface area (Å²) in [4.78, 5) is 16.6. The van der Waals surface area contributed by atoms with Gasteiger partial charge in [0.2, 0.25) is 5.91 Å². The van der Waals surface area contributed by atoms with Crippen LogP contribution in [-0.2, 0) is 24.4 Å². The van der Waals surface area contributed by atoms with E-state index in [1.807, 2.05) is 61.5 Å². The van der Waals surface area contributed by atoms with Gasteiger partial charge in [0.1, 0.15) is 12.4 Å². The fourth-order valence-electron chi connectivity index (χ4n) is 5.26. The molecule has 6 aromatic rings. The largest absolute Gasteiger partial charge is 0.489 e. The molecule has 5 nitrogen and oxygen atoms in total. The maximum absolute atomic E-state index is 13.2. The highest BCUT2D eigenvalue weighted by atomic mass is 16.5. The maximum atomic E-state index is 13.2. The SMILES string of the molecule is CCn1c2ccccc2c2cc(NC(=O)Cc3c(C)[nH]c4ccc(OCc5ccccc5)cc34)ccc21. The fraction of sp³-hybridized carbons (Fsp3) is 0.156. The number of nitrogens with one attached hydrogen (secondary N) is 2. The predicted molar refractivity (Wildman–Crippen MR) is 151 cm³/mol. The number of aromatic amines is 1. The minimum Gasteiger partial charge on any atom is -0.489 e. The second-order valence-corrected chi connectivity index (χ2v) is 9.43. The van der Waals surface area contributed by atoms with E-state index in [0.29, 0.717) is 6.61 Å². The number of ether oxygens (including phenoxy) is 1. The van der Waals surface area contributed by atoms with Crippen LogP contribution in [0.2, 0.25) is 0 Å². The third-order valence-corrected chi connectivity index (χ3v) is 7.05. The van der Waals surface area contributed by atoms with Gasteiger partial charge in [0.15, 0.2) is 0 Å². The average molecular weight is 488 g/mol. The van der Waals surface area contributed by atoms with Crippen LogP contribution in [0.25, 0.3) is 32.7 Å². The number of aromatic nitrogens is 2. The minimum atomic E-state index is -0.0433. The van der Waals surface area contributed by atoms with Crippen LogP contribution in [0.3, 0.4) is 0 Å². The van der Waals surface area contributed by atoms with Crippen molar-refractivity contribution in [2.75, 3.05) is 5.32 Å². The molecule has 0 fully saturated rings. The van der Waals surface area contributed by atoms with Gasteiger partial charge in [0.25, 0.3) is 0 Å². The first kappa shape index (κ1) is 22.9. The second kappa shape index (κ2) is 9.51. The Morgan fingerprint density at radius 2 is 1.65 bits per heavy atom. The minimum absolute atomic E-state index is 0.0433. The molecule has 0 spiro atoms. The highest BCUT2D eigenvalue weighted by molar-refractivity contribution is 6.10. The summed E-state index contributed by atoms with van der Waals surface area (Å²) in [6.07, 6.45) is 0.280. The van der Waals surface area contributed by atoms with E-state index in [0.717, 1.165) is 51.1 Å². The van der Waals surface area contributed by atoms with Gasteiger partial charge in [-0.15, -0.1) is 0 Å². The molecule has 2 aromatic heterocycles. The summed E-state index contributed by atoms with van der Waals surface area (Å²) in [6.45, 7) is 5.57. The lowest BCUT2D eigenvalue weighted by Crippen LogP contribution is -2.14. The van der Waals surface area contributed by atoms with Crippen molar-refractivity contribution in [3.8, 4) is 5.75 Å². The highest BCUT2D eigenvalue weighted by Gasteiger charge is 2.15. The molecule has 6 rings (SSSR count). The van der Waals surface area contributed by atoms with Crippen LogP contribution in [0.4, 0.5) is 5.69 Å². The van der Waals surface area contributed by atoms with Gasteiger partial charge in [-0.25, -0.2) is 0 Å². The monoisotopic (exact) mass is 487 g/mol. The molecule has 184 valence electrons. The van der Waals surface area contributed by atoms with Gasteiger partial charge in [0.05, 0.1) is 6.42 Å². The molecule has 0 aliphatic rings. The number of hydrogen-bond donors (Lipinski definition) is 2. The summed E-state index contributed by atoms with van der Waals surface area (Å²) >= 11 is 0. The zero-order chi connectivity index (χ0) is 25.4. The van der Waals surface area contributed by atoms with Crippen molar-refractivity contribution in [2.24, 2.45) is 0 Å². The number of fused-ring (bicyclic) bond motifs is 4. The lowest BCUT2D eigenvalue weighted by Gasteiger charge is -2.09. The van der Waals surface area contributed by atoms with Crippen LogP contribution >= 0.6 is 0 Å². The van der Waals surface area contributed by atoms with Crippen molar-refractivity contribution < 1.29 is 9.53 Å². The first-order valence-corrected chi connectivity index (χ1v) is 12.7. The Labute approximate surface area is 215 Å². The maximum Gasteiger partial charge on any atom is 0.228 e. The number of nitrogens with zero attached hydrogens (tertiary/aromatic N) is 1. The number of H-pyrrole nitrogens is 1.